The van der Waals surface area contributed by atoms with Gasteiger partial charge in [0.25, 0.3) is 0 Å². The Hall–Kier alpha value is -0.990. The van der Waals surface area contributed by atoms with Crippen molar-refractivity contribution < 1.29 is 5.11 Å². The number of aliphatic hydroxyl groups is 1. The van der Waals surface area contributed by atoms with E-state index in [0.29, 0.717) is 12.3 Å². The van der Waals surface area contributed by atoms with E-state index in [1.807, 2.05) is 13.8 Å². The Bertz CT molecular complexity index is 283. The summed E-state index contributed by atoms with van der Waals surface area (Å²) >= 11 is 0. The van der Waals surface area contributed by atoms with Crippen LogP contribution in [0.2, 0.25) is 0 Å². The lowest BCUT2D eigenvalue weighted by Gasteiger charge is -2.38. The lowest BCUT2D eigenvalue weighted by molar-refractivity contribution is 0.0408. The van der Waals surface area contributed by atoms with Crippen molar-refractivity contribution in [3.05, 3.63) is 22.6 Å². The molecule has 1 aliphatic rings. The van der Waals surface area contributed by atoms with Gasteiger partial charge in [-0.1, -0.05) is 24.2 Å². The Morgan fingerprint density at radius 3 is 2.79 bits per heavy atom. The molecule has 0 aromatic carbocycles. The average molecular weight is 195 g/mol. The highest BCUT2D eigenvalue weighted by Gasteiger charge is 2.38. The summed E-state index contributed by atoms with van der Waals surface area (Å²) in [4.78, 5) is 2.79. The minimum Gasteiger partial charge on any atom is -0.392 e. The van der Waals surface area contributed by atoms with Crippen LogP contribution in [-0.2, 0) is 0 Å². The van der Waals surface area contributed by atoms with E-state index in [-0.39, 0.29) is 0 Å². The minimum absolute atomic E-state index is 0.368. The highest BCUT2D eigenvalue weighted by molar-refractivity contribution is 5.05. The first-order valence-corrected chi connectivity index (χ1v) is 4.89. The van der Waals surface area contributed by atoms with E-state index < -0.39 is 11.6 Å². The molecular formula is C10H17N3O. The smallest absolute Gasteiger partial charge is 0.0719 e. The summed E-state index contributed by atoms with van der Waals surface area (Å²) in [5.74, 6) is 0.368. The molecule has 0 heterocycles. The maximum atomic E-state index is 9.87. The van der Waals surface area contributed by atoms with E-state index in [2.05, 4.69) is 16.6 Å². The fourth-order valence-electron chi connectivity index (χ4n) is 1.94. The maximum absolute atomic E-state index is 9.87. The van der Waals surface area contributed by atoms with Crippen molar-refractivity contribution in [3.8, 4) is 0 Å². The van der Waals surface area contributed by atoms with Crippen molar-refractivity contribution in [2.24, 2.45) is 11.0 Å². The number of azide groups is 1. The highest BCUT2D eigenvalue weighted by atomic mass is 16.3. The third kappa shape index (κ3) is 2.08. The van der Waals surface area contributed by atoms with Gasteiger partial charge in [0.15, 0.2) is 0 Å². The average Bonchev–Trinajstić information content (AvgIpc) is 2.10. The molecule has 4 heteroatoms. The van der Waals surface area contributed by atoms with Crippen LogP contribution in [0.5, 0.6) is 0 Å². The summed E-state index contributed by atoms with van der Waals surface area (Å²) in [5, 5.41) is 13.6. The lowest BCUT2D eigenvalue weighted by Crippen LogP contribution is -2.42. The molecule has 0 aliphatic heterocycles. The predicted molar refractivity (Wildman–Crippen MR) is 55.7 cm³/mol. The first-order valence-electron chi connectivity index (χ1n) is 4.89. The number of nitrogens with zero attached hydrogens (tertiary/aromatic N) is 3. The van der Waals surface area contributed by atoms with Gasteiger partial charge in [0.05, 0.1) is 11.6 Å². The summed E-state index contributed by atoms with van der Waals surface area (Å²) in [7, 11) is 0. The zero-order valence-electron chi connectivity index (χ0n) is 8.77. The monoisotopic (exact) mass is 195 g/mol. The number of hydrogen-bond donors (Lipinski definition) is 1. The molecule has 0 spiro atoms. The first-order chi connectivity index (χ1) is 6.49. The molecule has 1 N–H and O–H groups in total. The maximum Gasteiger partial charge on any atom is 0.0719 e. The largest absolute Gasteiger partial charge is 0.392 e. The van der Waals surface area contributed by atoms with Crippen molar-refractivity contribution in [2.75, 3.05) is 0 Å². The fourth-order valence-corrected chi connectivity index (χ4v) is 1.94. The molecule has 14 heavy (non-hydrogen) atoms. The molecule has 1 saturated carbocycles. The topological polar surface area (TPSA) is 69.0 Å². The van der Waals surface area contributed by atoms with Crippen LogP contribution in [-0.4, -0.2) is 16.7 Å². The molecule has 3 atom stereocenters. The zero-order chi connectivity index (χ0) is 10.8. The predicted octanol–water partition coefficient (Wildman–Crippen LogP) is 2.79. The molecule has 1 aliphatic carbocycles. The summed E-state index contributed by atoms with van der Waals surface area (Å²) < 4.78 is 0. The Morgan fingerprint density at radius 2 is 2.36 bits per heavy atom. The molecule has 78 valence electrons. The van der Waals surface area contributed by atoms with Crippen LogP contribution >= 0.6 is 0 Å². The van der Waals surface area contributed by atoms with Gasteiger partial charge in [-0.2, -0.15) is 0 Å². The second-order valence-corrected chi connectivity index (χ2v) is 4.38. The number of hydrogen-bond acceptors (Lipinski definition) is 2. The fraction of sp³-hybridized carbons (Fsp3) is 0.800. The molecule has 1 fully saturated rings. The molecule has 0 saturated heterocycles. The Balaban J connectivity index is 2.73. The summed E-state index contributed by atoms with van der Waals surface area (Å²) in [6.07, 6.45) is 1.79. The first kappa shape index (κ1) is 11.1. The lowest BCUT2D eigenvalue weighted by atomic mass is 9.74. The number of allylic oxidation sites excluding steroid dienone is 1. The van der Waals surface area contributed by atoms with Gasteiger partial charge in [-0.3, -0.25) is 0 Å². The molecule has 0 bridgehead atoms. The van der Waals surface area contributed by atoms with Crippen LogP contribution in [0.4, 0.5) is 0 Å². The minimum atomic E-state index is -0.624. The second kappa shape index (κ2) is 4.03. The van der Waals surface area contributed by atoms with Crippen molar-refractivity contribution in [1.82, 2.24) is 0 Å². The molecule has 0 unspecified atom stereocenters. The van der Waals surface area contributed by atoms with Crippen molar-refractivity contribution in [1.29, 1.82) is 0 Å². The zero-order valence-corrected chi connectivity index (χ0v) is 8.77. The Kier molecular flexibility index (Phi) is 3.19. The molecular weight excluding hydrogens is 178 g/mol. The van der Waals surface area contributed by atoms with Crippen LogP contribution in [0.15, 0.2) is 17.3 Å². The Morgan fingerprint density at radius 1 is 1.71 bits per heavy atom. The van der Waals surface area contributed by atoms with Crippen molar-refractivity contribution in [2.45, 2.75) is 44.8 Å². The number of aliphatic hydroxyl groups excluding tert-OH is 1. The van der Waals surface area contributed by atoms with Crippen LogP contribution in [0.25, 0.3) is 10.4 Å². The van der Waals surface area contributed by atoms with Crippen molar-refractivity contribution in [3.63, 3.8) is 0 Å². The molecule has 1 rings (SSSR count). The van der Waals surface area contributed by atoms with E-state index >= 15 is 0 Å². The van der Waals surface area contributed by atoms with Gasteiger partial charge in [0, 0.05) is 4.91 Å². The van der Waals surface area contributed by atoms with Crippen LogP contribution in [0.1, 0.15) is 33.1 Å². The van der Waals surface area contributed by atoms with E-state index in [1.165, 1.54) is 0 Å². The molecule has 0 amide bonds. The van der Waals surface area contributed by atoms with Crippen LogP contribution in [0, 0.1) is 5.92 Å². The van der Waals surface area contributed by atoms with Gasteiger partial charge in [-0.05, 0) is 37.6 Å². The summed E-state index contributed by atoms with van der Waals surface area (Å²) in [5.41, 5.74) is 8.89. The molecule has 0 radical (unpaired) electrons. The summed E-state index contributed by atoms with van der Waals surface area (Å²) in [6, 6.07) is 0. The third-order valence-corrected chi connectivity index (χ3v) is 3.19. The highest BCUT2D eigenvalue weighted by Crippen LogP contribution is 2.37. The normalized spacial score (nSPS) is 37.4. The van der Waals surface area contributed by atoms with Crippen LogP contribution < -0.4 is 0 Å². The van der Waals surface area contributed by atoms with E-state index in [0.717, 1.165) is 18.4 Å². The van der Waals surface area contributed by atoms with Crippen molar-refractivity contribution >= 4 is 0 Å². The van der Waals surface area contributed by atoms with Gasteiger partial charge in [-0.15, -0.1) is 0 Å². The molecule has 0 aromatic heterocycles. The molecule has 0 aromatic rings. The Labute approximate surface area is 84.3 Å². The quantitative estimate of drug-likeness (QED) is 0.313. The van der Waals surface area contributed by atoms with Crippen LogP contribution in [0.3, 0.4) is 0 Å². The second-order valence-electron chi connectivity index (χ2n) is 4.38. The number of rotatable bonds is 2. The van der Waals surface area contributed by atoms with Gasteiger partial charge in [0.1, 0.15) is 0 Å². The van der Waals surface area contributed by atoms with Gasteiger partial charge < -0.3 is 5.11 Å². The van der Waals surface area contributed by atoms with Gasteiger partial charge >= 0.3 is 0 Å². The standard InChI is InChI=1S/C10H17N3O/c1-7(2)8-4-5-10(3,12-13-11)9(14)6-8/h8-9,14H,1,4-6H2,2-3H3/t8-,9+,10+/m0/s1. The van der Waals surface area contributed by atoms with Gasteiger partial charge in [-0.25, -0.2) is 0 Å². The van der Waals surface area contributed by atoms with Gasteiger partial charge in [0.2, 0.25) is 0 Å². The van der Waals surface area contributed by atoms with E-state index in [9.17, 15) is 5.11 Å². The van der Waals surface area contributed by atoms with E-state index in [4.69, 9.17) is 5.53 Å². The SMILES string of the molecule is C=C(C)[C@H]1CC[C@@](C)(N=[N+]=[N-])[C@H](O)C1. The van der Waals surface area contributed by atoms with E-state index in [1.54, 1.807) is 0 Å². The third-order valence-electron chi connectivity index (χ3n) is 3.19. The molecule has 4 nitrogen and oxygen atoms in total. The summed E-state index contributed by atoms with van der Waals surface area (Å²) in [6.45, 7) is 7.68.